The Hall–Kier alpha value is -0.810. The molecule has 19 heavy (non-hydrogen) atoms. The maximum Gasteiger partial charge on any atom is 0.320 e. The largest absolute Gasteiger partial charge is 0.378 e. The number of hydrogen-bond acceptors (Lipinski definition) is 3. The number of urea groups is 1. The number of hydrogen-bond donors (Lipinski definition) is 1. The summed E-state index contributed by atoms with van der Waals surface area (Å²) in [5, 5.41) is 0. The third-order valence-corrected chi connectivity index (χ3v) is 4.86. The summed E-state index contributed by atoms with van der Waals surface area (Å²) in [6.07, 6.45) is 4.38. The van der Waals surface area contributed by atoms with Crippen LogP contribution in [-0.4, -0.2) is 61.3 Å². The highest BCUT2D eigenvalue weighted by molar-refractivity contribution is 5.75. The summed E-state index contributed by atoms with van der Waals surface area (Å²) in [5.74, 6) is 0.756. The van der Waals surface area contributed by atoms with E-state index in [4.69, 9.17) is 10.5 Å². The van der Waals surface area contributed by atoms with E-state index >= 15 is 0 Å². The molecule has 110 valence electrons. The van der Waals surface area contributed by atoms with Crippen LogP contribution in [-0.2, 0) is 4.74 Å². The Kier molecular flexibility index (Phi) is 4.68. The number of nitrogens with two attached hydrogens (primary N) is 1. The highest BCUT2D eigenvalue weighted by Gasteiger charge is 2.40. The van der Waals surface area contributed by atoms with Crippen molar-refractivity contribution in [3.63, 3.8) is 0 Å². The predicted molar refractivity (Wildman–Crippen MR) is 75.0 cm³/mol. The quantitative estimate of drug-likeness (QED) is 0.821. The molecule has 5 nitrogen and oxygen atoms in total. The van der Waals surface area contributed by atoms with Crippen LogP contribution in [0.3, 0.4) is 0 Å². The highest BCUT2D eigenvalue weighted by Crippen LogP contribution is 2.35. The molecule has 1 heterocycles. The third kappa shape index (κ3) is 3.03. The molecule has 2 aliphatic rings. The second-order valence-corrected chi connectivity index (χ2v) is 6.05. The molecular formula is C14H27N3O2. The van der Waals surface area contributed by atoms with Crippen LogP contribution in [0.4, 0.5) is 4.79 Å². The van der Waals surface area contributed by atoms with Crippen LogP contribution in [0.1, 0.15) is 32.6 Å². The molecule has 1 saturated heterocycles. The first-order chi connectivity index (χ1) is 9.09. The van der Waals surface area contributed by atoms with Crippen molar-refractivity contribution in [2.45, 2.75) is 38.1 Å². The molecule has 0 aromatic carbocycles. The SMILES string of the molecule is CC1CCC(CN)(N(C)C(=O)N2CCOCC2)CC1. The van der Waals surface area contributed by atoms with Crippen LogP contribution in [0.5, 0.6) is 0 Å². The lowest BCUT2D eigenvalue weighted by atomic mass is 9.76. The van der Waals surface area contributed by atoms with Crippen molar-refractivity contribution < 1.29 is 9.53 Å². The molecule has 1 aliphatic carbocycles. The van der Waals surface area contributed by atoms with Gasteiger partial charge in [-0.15, -0.1) is 0 Å². The fourth-order valence-electron chi connectivity index (χ4n) is 3.15. The van der Waals surface area contributed by atoms with Gasteiger partial charge in [0.05, 0.1) is 18.8 Å². The Bertz CT molecular complexity index is 308. The summed E-state index contributed by atoms with van der Waals surface area (Å²) in [6, 6.07) is 0.114. The first-order valence-corrected chi connectivity index (χ1v) is 7.39. The van der Waals surface area contributed by atoms with Gasteiger partial charge in [0, 0.05) is 26.7 Å². The number of nitrogens with zero attached hydrogens (tertiary/aromatic N) is 2. The van der Waals surface area contributed by atoms with Crippen LogP contribution >= 0.6 is 0 Å². The molecule has 0 aromatic heterocycles. The average Bonchev–Trinajstić information content (AvgIpc) is 2.48. The molecule has 2 rings (SSSR count). The van der Waals surface area contributed by atoms with E-state index in [-0.39, 0.29) is 11.6 Å². The first-order valence-electron chi connectivity index (χ1n) is 7.39. The van der Waals surface area contributed by atoms with Gasteiger partial charge in [-0.1, -0.05) is 6.92 Å². The number of ether oxygens (including phenoxy) is 1. The van der Waals surface area contributed by atoms with Crippen molar-refractivity contribution in [1.82, 2.24) is 9.80 Å². The molecule has 0 radical (unpaired) electrons. The zero-order chi connectivity index (χ0) is 13.9. The molecule has 5 heteroatoms. The molecule has 1 aliphatic heterocycles. The Labute approximate surface area is 116 Å². The van der Waals surface area contributed by atoms with E-state index in [0.29, 0.717) is 32.8 Å². The molecule has 2 fully saturated rings. The van der Waals surface area contributed by atoms with Crippen molar-refractivity contribution in [1.29, 1.82) is 0 Å². The van der Waals surface area contributed by atoms with E-state index in [9.17, 15) is 4.79 Å². The zero-order valence-electron chi connectivity index (χ0n) is 12.2. The van der Waals surface area contributed by atoms with Gasteiger partial charge in [-0.2, -0.15) is 0 Å². The van der Waals surface area contributed by atoms with Crippen LogP contribution < -0.4 is 5.73 Å². The summed E-state index contributed by atoms with van der Waals surface area (Å²) in [4.78, 5) is 16.4. The van der Waals surface area contributed by atoms with Crippen molar-refractivity contribution >= 4 is 6.03 Å². The smallest absolute Gasteiger partial charge is 0.320 e. The Morgan fingerprint density at radius 1 is 1.37 bits per heavy atom. The molecule has 1 saturated carbocycles. The van der Waals surface area contributed by atoms with Gasteiger partial charge in [0.25, 0.3) is 0 Å². The third-order valence-electron chi connectivity index (χ3n) is 4.86. The number of morpholine rings is 1. The lowest BCUT2D eigenvalue weighted by Crippen LogP contribution is -2.60. The number of amides is 2. The fourth-order valence-corrected chi connectivity index (χ4v) is 3.15. The molecule has 0 atom stereocenters. The molecule has 0 unspecified atom stereocenters. The van der Waals surface area contributed by atoms with E-state index in [1.54, 1.807) is 0 Å². The lowest BCUT2D eigenvalue weighted by Gasteiger charge is -2.47. The van der Waals surface area contributed by atoms with Crippen molar-refractivity contribution in [2.24, 2.45) is 11.7 Å². The molecule has 0 aromatic rings. The summed E-state index contributed by atoms with van der Waals surface area (Å²) in [5.41, 5.74) is 5.88. The highest BCUT2D eigenvalue weighted by atomic mass is 16.5. The van der Waals surface area contributed by atoms with E-state index in [2.05, 4.69) is 6.92 Å². The minimum atomic E-state index is -0.137. The maximum atomic E-state index is 12.6. The van der Waals surface area contributed by atoms with Crippen molar-refractivity contribution in [3.05, 3.63) is 0 Å². The van der Waals surface area contributed by atoms with E-state index in [1.807, 2.05) is 16.8 Å². The minimum Gasteiger partial charge on any atom is -0.378 e. The number of carbonyl (C=O) groups is 1. The van der Waals surface area contributed by atoms with Crippen LogP contribution in [0.2, 0.25) is 0 Å². The number of rotatable bonds is 2. The Morgan fingerprint density at radius 2 is 1.95 bits per heavy atom. The van der Waals surface area contributed by atoms with Crippen LogP contribution in [0, 0.1) is 5.92 Å². The van der Waals surface area contributed by atoms with E-state index in [1.165, 1.54) is 0 Å². The maximum absolute atomic E-state index is 12.6. The van der Waals surface area contributed by atoms with Gasteiger partial charge in [0.1, 0.15) is 0 Å². The Balaban J connectivity index is 2.02. The monoisotopic (exact) mass is 269 g/mol. The van der Waals surface area contributed by atoms with Crippen LogP contribution in [0.15, 0.2) is 0 Å². The standard InChI is InChI=1S/C14H27N3O2/c1-12-3-5-14(11-15,6-4-12)16(2)13(18)17-7-9-19-10-8-17/h12H,3-11,15H2,1-2H3. The zero-order valence-corrected chi connectivity index (χ0v) is 12.2. The Morgan fingerprint density at radius 3 is 2.47 bits per heavy atom. The van der Waals surface area contributed by atoms with Gasteiger partial charge in [-0.3, -0.25) is 0 Å². The van der Waals surface area contributed by atoms with Gasteiger partial charge in [0.2, 0.25) is 0 Å². The minimum absolute atomic E-state index is 0.114. The second kappa shape index (κ2) is 6.09. The summed E-state index contributed by atoms with van der Waals surface area (Å²) in [6.45, 7) is 5.52. The van der Waals surface area contributed by atoms with Gasteiger partial charge in [0.15, 0.2) is 0 Å². The topological polar surface area (TPSA) is 58.8 Å². The van der Waals surface area contributed by atoms with Crippen molar-refractivity contribution in [2.75, 3.05) is 39.9 Å². The summed E-state index contributed by atoms with van der Waals surface area (Å²) < 4.78 is 5.30. The van der Waals surface area contributed by atoms with Gasteiger partial charge < -0.3 is 20.3 Å². The normalized spacial score (nSPS) is 32.2. The predicted octanol–water partition coefficient (Wildman–Crippen LogP) is 1.28. The summed E-state index contributed by atoms with van der Waals surface area (Å²) in [7, 11) is 1.92. The molecular weight excluding hydrogens is 242 g/mol. The van der Waals surface area contributed by atoms with E-state index in [0.717, 1.165) is 31.6 Å². The number of carbonyl (C=O) groups excluding carboxylic acids is 1. The van der Waals surface area contributed by atoms with E-state index < -0.39 is 0 Å². The summed E-state index contributed by atoms with van der Waals surface area (Å²) >= 11 is 0. The second-order valence-electron chi connectivity index (χ2n) is 6.05. The van der Waals surface area contributed by atoms with Gasteiger partial charge >= 0.3 is 6.03 Å². The fraction of sp³-hybridized carbons (Fsp3) is 0.929. The van der Waals surface area contributed by atoms with Gasteiger partial charge in [-0.05, 0) is 31.6 Å². The molecule has 0 bridgehead atoms. The molecule has 2 amide bonds. The molecule has 0 spiro atoms. The van der Waals surface area contributed by atoms with Gasteiger partial charge in [-0.25, -0.2) is 4.79 Å². The van der Waals surface area contributed by atoms with Crippen molar-refractivity contribution in [3.8, 4) is 0 Å². The lowest BCUT2D eigenvalue weighted by molar-refractivity contribution is 0.0245. The van der Waals surface area contributed by atoms with Crippen LogP contribution in [0.25, 0.3) is 0 Å². The number of likely N-dealkylation sites (N-methyl/N-ethyl adjacent to an activating group) is 1. The average molecular weight is 269 g/mol. The first kappa shape index (κ1) is 14.6. The molecule has 2 N–H and O–H groups in total.